The van der Waals surface area contributed by atoms with Crippen LogP contribution >= 0.6 is 0 Å². The number of carbonyl (C=O) groups excluding carboxylic acids is 3. The Hall–Kier alpha value is -4.53. The first-order valence-electron chi connectivity index (χ1n) is 16.1. The lowest BCUT2D eigenvalue weighted by Gasteiger charge is -2.44. The maximum Gasteiger partial charge on any atom is 0.335 e. The molecule has 2 aromatic rings. The second-order valence-corrected chi connectivity index (χ2v) is 12.6. The number of esters is 3. The van der Waals surface area contributed by atoms with Crippen LogP contribution in [0.1, 0.15) is 29.5 Å². The molecule has 3 saturated heterocycles. The van der Waals surface area contributed by atoms with E-state index in [1.807, 2.05) is 0 Å². The molecule has 4 aliphatic rings. The van der Waals surface area contributed by atoms with Crippen molar-refractivity contribution in [1.82, 2.24) is 0 Å². The van der Waals surface area contributed by atoms with Crippen LogP contribution < -0.4 is 9.47 Å². The topological polar surface area (TPSA) is 267 Å². The van der Waals surface area contributed by atoms with Gasteiger partial charge in [0.25, 0.3) is 0 Å². The Bertz CT molecular complexity index is 1740. The summed E-state index contributed by atoms with van der Waals surface area (Å²) in [5, 5.41) is 75.0. The molecule has 11 atom stereocenters. The van der Waals surface area contributed by atoms with Gasteiger partial charge in [0, 0.05) is 12.8 Å². The number of phenols is 2. The van der Waals surface area contributed by atoms with Crippen molar-refractivity contribution in [2.45, 2.75) is 67.6 Å². The summed E-state index contributed by atoms with van der Waals surface area (Å²) in [6.07, 6.45) is -12.9. The van der Waals surface area contributed by atoms with Crippen LogP contribution in [0.25, 0.3) is 6.08 Å². The zero-order chi connectivity index (χ0) is 37.6. The number of benzene rings is 2. The van der Waals surface area contributed by atoms with Gasteiger partial charge in [0.05, 0.1) is 25.7 Å². The first-order chi connectivity index (χ1) is 24.7. The lowest BCUT2D eigenvalue weighted by atomic mass is 9.71. The molecular formula is C34H38O18. The molecule has 0 radical (unpaired) electrons. The van der Waals surface area contributed by atoms with Crippen LogP contribution in [0.3, 0.4) is 0 Å². The number of phenolic OH excluding ortho intramolecular Hbond substituents is 2. The lowest BCUT2D eigenvalue weighted by Crippen LogP contribution is -2.63. The van der Waals surface area contributed by atoms with E-state index < -0.39 is 104 Å². The fraction of sp³-hybridized carbons (Fsp3) is 0.500. The molecule has 18 heteroatoms. The zero-order valence-electron chi connectivity index (χ0n) is 28.0. The minimum Gasteiger partial charge on any atom is -0.504 e. The number of aliphatic hydroxyl groups is 5. The monoisotopic (exact) mass is 734 g/mol. The van der Waals surface area contributed by atoms with Gasteiger partial charge in [0.15, 0.2) is 35.4 Å². The van der Waals surface area contributed by atoms with Crippen molar-refractivity contribution in [3.63, 3.8) is 0 Å². The van der Waals surface area contributed by atoms with E-state index in [1.54, 1.807) is 0 Å². The number of aromatic hydroxyl groups is 2. The predicted molar refractivity (Wildman–Crippen MR) is 169 cm³/mol. The van der Waals surface area contributed by atoms with Gasteiger partial charge >= 0.3 is 17.9 Å². The molecule has 6 rings (SSSR count). The molecule has 2 aromatic carbocycles. The van der Waals surface area contributed by atoms with Gasteiger partial charge in [-0.05, 0) is 47.0 Å². The molecule has 0 unspecified atom stereocenters. The average Bonchev–Trinajstić information content (AvgIpc) is 3.37. The van der Waals surface area contributed by atoms with E-state index in [9.17, 15) is 50.1 Å². The van der Waals surface area contributed by atoms with Crippen molar-refractivity contribution in [1.29, 1.82) is 0 Å². The fourth-order valence-corrected chi connectivity index (χ4v) is 6.87. The van der Waals surface area contributed by atoms with Gasteiger partial charge in [0.1, 0.15) is 56.4 Å². The molecule has 2 bridgehead atoms. The number of fused-ring (bicyclic) bond motifs is 4. The highest BCUT2D eigenvalue weighted by molar-refractivity contribution is 6.02. The second-order valence-electron chi connectivity index (χ2n) is 12.6. The predicted octanol–water partition coefficient (Wildman–Crippen LogP) is -1.44. The Morgan fingerprint density at radius 2 is 1.63 bits per heavy atom. The summed E-state index contributed by atoms with van der Waals surface area (Å²) in [7, 11) is 2.64. The highest BCUT2D eigenvalue weighted by Crippen LogP contribution is 2.49. The van der Waals surface area contributed by atoms with Crippen molar-refractivity contribution in [3.8, 4) is 23.0 Å². The van der Waals surface area contributed by atoms with E-state index in [4.69, 9.17) is 37.9 Å². The van der Waals surface area contributed by atoms with Gasteiger partial charge in [-0.15, -0.1) is 0 Å². The molecule has 52 heavy (non-hydrogen) atoms. The molecule has 3 fully saturated rings. The first kappa shape index (κ1) is 37.2. The quantitative estimate of drug-likeness (QED) is 0.121. The average molecular weight is 735 g/mol. The summed E-state index contributed by atoms with van der Waals surface area (Å²) < 4.78 is 44.2. The molecule has 0 aromatic heterocycles. The van der Waals surface area contributed by atoms with Gasteiger partial charge in [-0.3, -0.25) is 9.59 Å². The van der Waals surface area contributed by atoms with Gasteiger partial charge < -0.3 is 73.6 Å². The Kier molecular flexibility index (Phi) is 10.4. The summed E-state index contributed by atoms with van der Waals surface area (Å²) >= 11 is 0. The number of hydrogen-bond donors (Lipinski definition) is 7. The third kappa shape index (κ3) is 6.52. The molecule has 1 aliphatic carbocycles. The van der Waals surface area contributed by atoms with Crippen molar-refractivity contribution in [2.75, 3.05) is 34.0 Å². The molecule has 7 N–H and O–H groups in total. The van der Waals surface area contributed by atoms with E-state index in [0.29, 0.717) is 16.7 Å². The van der Waals surface area contributed by atoms with Crippen LogP contribution in [-0.4, -0.2) is 142 Å². The number of aliphatic hydroxyl groups excluding tert-OH is 5. The summed E-state index contributed by atoms with van der Waals surface area (Å²) in [6.45, 7) is -1.29. The summed E-state index contributed by atoms with van der Waals surface area (Å²) in [6, 6.07) is 6.98. The van der Waals surface area contributed by atoms with Crippen molar-refractivity contribution in [3.05, 3.63) is 52.6 Å². The number of hydrogen-bond acceptors (Lipinski definition) is 18. The first-order valence-corrected chi connectivity index (χ1v) is 16.1. The lowest BCUT2D eigenvalue weighted by molar-refractivity contribution is -0.383. The molecule has 18 nitrogen and oxygen atoms in total. The molecule has 0 amide bonds. The highest BCUT2D eigenvalue weighted by atomic mass is 16.8. The van der Waals surface area contributed by atoms with E-state index in [2.05, 4.69) is 0 Å². The van der Waals surface area contributed by atoms with Crippen LogP contribution in [0.2, 0.25) is 0 Å². The van der Waals surface area contributed by atoms with Crippen molar-refractivity contribution < 1.29 is 88.0 Å². The number of cyclic esters (lactones) is 1. The SMILES string of the molecule is COc1cc([C@@H]2c3cc(O)c(OC)cc3C=C3C(=O)OC[C@H]4O[C@](CO)(O[C@H]5O[C@H](COC(C)=O)[C@@H](O)[C@H](O)[C@H]5O)[C@@H](OC(=O)[C@H]32)[C@@H]4O)ccc1O. The largest absolute Gasteiger partial charge is 0.504 e. The number of carbonyl (C=O) groups is 3. The van der Waals surface area contributed by atoms with E-state index in [1.165, 1.54) is 50.6 Å². The maximum atomic E-state index is 14.5. The van der Waals surface area contributed by atoms with Crippen LogP contribution in [0.5, 0.6) is 23.0 Å². The molecule has 3 heterocycles. The van der Waals surface area contributed by atoms with Crippen molar-refractivity contribution in [2.24, 2.45) is 5.92 Å². The third-order valence-corrected chi connectivity index (χ3v) is 9.50. The smallest absolute Gasteiger partial charge is 0.335 e. The van der Waals surface area contributed by atoms with Crippen molar-refractivity contribution >= 4 is 24.0 Å². The van der Waals surface area contributed by atoms with Crippen LogP contribution in [0.15, 0.2) is 35.9 Å². The Morgan fingerprint density at radius 3 is 2.31 bits per heavy atom. The normalized spacial score (nSPS) is 34.2. The van der Waals surface area contributed by atoms with Crippen LogP contribution in [0, 0.1) is 5.92 Å². The zero-order valence-corrected chi connectivity index (χ0v) is 28.0. The Balaban J connectivity index is 1.42. The highest BCUT2D eigenvalue weighted by Gasteiger charge is 2.62. The maximum absolute atomic E-state index is 14.5. The van der Waals surface area contributed by atoms with Gasteiger partial charge in [-0.25, -0.2) is 4.79 Å². The second kappa shape index (κ2) is 14.5. The molecule has 0 saturated carbocycles. The summed E-state index contributed by atoms with van der Waals surface area (Å²) in [5.74, 6) is -8.60. The standard InChI is InChI=1S/C34H38O18/c1-13(36)47-10-22-26(39)28(41)29(42)33(49-22)52-34(12-35)30-27(40)23(51-34)11-48-31(43)17-6-15-8-21(46-3)19(38)9-16(15)24(25(17)32(44)50-30)14-4-5-18(37)20(7-14)45-2/h4-9,22-30,33,35,37-42H,10-12H2,1-3H3/t22-,23-,24-,25-,26-,27-,28+,29-,30+,33-,34-/m1/s1. The van der Waals surface area contributed by atoms with E-state index in [-0.39, 0.29) is 28.6 Å². The fourth-order valence-electron chi connectivity index (χ4n) is 6.87. The molecule has 282 valence electrons. The Labute approximate surface area is 295 Å². The number of ether oxygens (including phenoxy) is 8. The van der Waals surface area contributed by atoms with Crippen LogP contribution in [-0.2, 0) is 42.8 Å². The van der Waals surface area contributed by atoms with E-state index in [0.717, 1.165) is 6.92 Å². The molecule has 3 aliphatic heterocycles. The minimum absolute atomic E-state index is 0.0178. The number of methoxy groups -OCH3 is 2. The van der Waals surface area contributed by atoms with Crippen LogP contribution in [0.4, 0.5) is 0 Å². The van der Waals surface area contributed by atoms with Gasteiger partial charge in [0.2, 0.25) is 5.79 Å². The molecule has 0 spiro atoms. The van der Waals surface area contributed by atoms with Gasteiger partial charge in [-0.1, -0.05) is 6.07 Å². The number of rotatable bonds is 8. The van der Waals surface area contributed by atoms with E-state index >= 15 is 0 Å². The minimum atomic E-state index is -2.53. The Morgan fingerprint density at radius 1 is 0.923 bits per heavy atom. The summed E-state index contributed by atoms with van der Waals surface area (Å²) in [5.41, 5.74) is 0.788. The molecular weight excluding hydrogens is 696 g/mol. The summed E-state index contributed by atoms with van der Waals surface area (Å²) in [4.78, 5) is 39.7. The third-order valence-electron chi connectivity index (χ3n) is 9.50. The van der Waals surface area contributed by atoms with Gasteiger partial charge in [-0.2, -0.15) is 0 Å².